The molecular weight excluding hydrogens is 282 g/mol. The SMILES string of the molecule is O=C(Nc1cccnc1)N1CCc2cc3ccsc3cc21. The molecule has 0 radical (unpaired) electrons. The summed E-state index contributed by atoms with van der Waals surface area (Å²) in [5.41, 5.74) is 2.97. The van der Waals surface area contributed by atoms with Crippen molar-refractivity contribution in [2.24, 2.45) is 0 Å². The monoisotopic (exact) mass is 295 g/mol. The molecular formula is C16H13N3OS. The minimum Gasteiger partial charge on any atom is -0.306 e. The second-order valence-corrected chi connectivity index (χ2v) is 5.96. The Labute approximate surface area is 126 Å². The Bertz CT molecular complexity index is 813. The summed E-state index contributed by atoms with van der Waals surface area (Å²) in [7, 11) is 0. The van der Waals surface area contributed by atoms with Gasteiger partial charge in [-0.15, -0.1) is 11.3 Å². The van der Waals surface area contributed by atoms with E-state index in [9.17, 15) is 4.79 Å². The van der Waals surface area contributed by atoms with Crippen molar-refractivity contribution in [2.45, 2.75) is 6.42 Å². The number of aromatic nitrogens is 1. The van der Waals surface area contributed by atoms with Crippen LogP contribution in [0, 0.1) is 0 Å². The number of amides is 2. The van der Waals surface area contributed by atoms with Gasteiger partial charge in [-0.05, 0) is 53.1 Å². The average molecular weight is 295 g/mol. The zero-order valence-corrected chi connectivity index (χ0v) is 12.1. The number of anilines is 2. The van der Waals surface area contributed by atoms with Crippen molar-refractivity contribution in [2.75, 3.05) is 16.8 Å². The Balaban J connectivity index is 1.65. The fourth-order valence-electron chi connectivity index (χ4n) is 2.69. The molecule has 0 fully saturated rings. The Hall–Kier alpha value is -2.40. The van der Waals surface area contributed by atoms with Gasteiger partial charge in [-0.25, -0.2) is 4.79 Å². The first kappa shape index (κ1) is 12.3. The maximum absolute atomic E-state index is 12.4. The van der Waals surface area contributed by atoms with E-state index in [0.717, 1.165) is 18.7 Å². The van der Waals surface area contributed by atoms with Crippen LogP contribution in [0.5, 0.6) is 0 Å². The summed E-state index contributed by atoms with van der Waals surface area (Å²) in [6.45, 7) is 0.721. The van der Waals surface area contributed by atoms with Gasteiger partial charge in [0.25, 0.3) is 0 Å². The van der Waals surface area contributed by atoms with Gasteiger partial charge in [-0.2, -0.15) is 0 Å². The lowest BCUT2D eigenvalue weighted by atomic mass is 10.1. The van der Waals surface area contributed by atoms with E-state index in [-0.39, 0.29) is 6.03 Å². The molecule has 2 aromatic heterocycles. The number of urea groups is 1. The molecule has 0 spiro atoms. The molecule has 1 N–H and O–H groups in total. The smallest absolute Gasteiger partial charge is 0.306 e. The lowest BCUT2D eigenvalue weighted by Gasteiger charge is -2.18. The van der Waals surface area contributed by atoms with Crippen molar-refractivity contribution < 1.29 is 4.79 Å². The quantitative estimate of drug-likeness (QED) is 0.740. The summed E-state index contributed by atoms with van der Waals surface area (Å²) >= 11 is 1.70. The van der Waals surface area contributed by atoms with Crippen LogP contribution in [0.2, 0.25) is 0 Å². The topological polar surface area (TPSA) is 45.2 Å². The molecule has 0 unspecified atom stereocenters. The van der Waals surface area contributed by atoms with Gasteiger partial charge in [0.1, 0.15) is 0 Å². The van der Waals surface area contributed by atoms with Gasteiger partial charge in [-0.1, -0.05) is 0 Å². The van der Waals surface area contributed by atoms with Crippen LogP contribution >= 0.6 is 11.3 Å². The predicted molar refractivity (Wildman–Crippen MR) is 86.1 cm³/mol. The zero-order valence-electron chi connectivity index (χ0n) is 11.2. The zero-order chi connectivity index (χ0) is 14.2. The second kappa shape index (κ2) is 4.86. The first-order valence-electron chi connectivity index (χ1n) is 6.80. The molecule has 0 saturated heterocycles. The number of hydrogen-bond donors (Lipinski definition) is 1. The third kappa shape index (κ3) is 2.15. The molecule has 104 valence electrons. The molecule has 21 heavy (non-hydrogen) atoms. The molecule has 0 bridgehead atoms. The number of thiophene rings is 1. The Morgan fingerprint density at radius 1 is 1.33 bits per heavy atom. The largest absolute Gasteiger partial charge is 0.326 e. The number of carbonyl (C=O) groups excluding carboxylic acids is 1. The summed E-state index contributed by atoms with van der Waals surface area (Å²) in [5.74, 6) is 0. The van der Waals surface area contributed by atoms with E-state index in [2.05, 4.69) is 33.9 Å². The van der Waals surface area contributed by atoms with E-state index in [1.165, 1.54) is 15.6 Å². The van der Waals surface area contributed by atoms with Crippen molar-refractivity contribution >= 4 is 38.8 Å². The van der Waals surface area contributed by atoms with Gasteiger partial charge in [0.15, 0.2) is 0 Å². The number of nitrogens with one attached hydrogen (secondary N) is 1. The van der Waals surface area contributed by atoms with Crippen LogP contribution < -0.4 is 10.2 Å². The highest BCUT2D eigenvalue weighted by Gasteiger charge is 2.25. The summed E-state index contributed by atoms with van der Waals surface area (Å²) in [6.07, 6.45) is 4.24. The van der Waals surface area contributed by atoms with Crippen LogP contribution in [0.1, 0.15) is 5.56 Å². The van der Waals surface area contributed by atoms with E-state index in [1.54, 1.807) is 23.7 Å². The highest BCUT2D eigenvalue weighted by Crippen LogP contribution is 2.34. The van der Waals surface area contributed by atoms with Gasteiger partial charge < -0.3 is 5.32 Å². The molecule has 0 saturated carbocycles. The maximum Gasteiger partial charge on any atom is 0.326 e. The summed E-state index contributed by atoms with van der Waals surface area (Å²) < 4.78 is 1.22. The van der Waals surface area contributed by atoms with Crippen LogP contribution in [0.3, 0.4) is 0 Å². The fraction of sp³-hybridized carbons (Fsp3) is 0.125. The first-order valence-corrected chi connectivity index (χ1v) is 7.68. The van der Waals surface area contributed by atoms with Crippen molar-refractivity contribution in [1.29, 1.82) is 0 Å². The number of nitrogens with zero attached hydrogens (tertiary/aromatic N) is 2. The minimum absolute atomic E-state index is 0.0994. The van der Waals surface area contributed by atoms with Crippen LogP contribution in [-0.4, -0.2) is 17.6 Å². The Morgan fingerprint density at radius 2 is 2.29 bits per heavy atom. The third-order valence-corrected chi connectivity index (χ3v) is 4.59. The van der Waals surface area contributed by atoms with E-state index >= 15 is 0 Å². The van der Waals surface area contributed by atoms with Crippen LogP contribution in [0.15, 0.2) is 48.1 Å². The number of carbonyl (C=O) groups is 1. The molecule has 4 nitrogen and oxygen atoms in total. The highest BCUT2D eigenvalue weighted by atomic mass is 32.1. The number of hydrogen-bond acceptors (Lipinski definition) is 3. The van der Waals surface area contributed by atoms with E-state index < -0.39 is 0 Å². The Kier molecular flexibility index (Phi) is 2.86. The first-order chi connectivity index (χ1) is 10.3. The summed E-state index contributed by atoms with van der Waals surface area (Å²) in [5, 5.41) is 6.24. The second-order valence-electron chi connectivity index (χ2n) is 5.01. The van der Waals surface area contributed by atoms with Crippen molar-refractivity contribution in [1.82, 2.24) is 4.98 Å². The van der Waals surface area contributed by atoms with E-state index in [0.29, 0.717) is 5.69 Å². The third-order valence-electron chi connectivity index (χ3n) is 3.71. The van der Waals surface area contributed by atoms with Gasteiger partial charge in [0, 0.05) is 17.4 Å². The molecule has 0 aliphatic carbocycles. The molecule has 4 rings (SSSR count). The molecule has 1 aliphatic heterocycles. The number of rotatable bonds is 1. The molecule has 3 aromatic rings. The van der Waals surface area contributed by atoms with Crippen molar-refractivity contribution in [3.8, 4) is 0 Å². The molecule has 1 aliphatic rings. The molecule has 1 aromatic carbocycles. The van der Waals surface area contributed by atoms with Crippen LogP contribution in [0.25, 0.3) is 10.1 Å². The van der Waals surface area contributed by atoms with Gasteiger partial charge in [0.05, 0.1) is 17.6 Å². The Morgan fingerprint density at radius 3 is 3.14 bits per heavy atom. The standard InChI is InChI=1S/C16H13N3OS/c20-16(18-13-2-1-5-17-10-13)19-6-3-11-8-12-4-7-21-15(12)9-14(11)19/h1-2,4-5,7-10H,3,6H2,(H,18,20). The predicted octanol–water partition coefficient (Wildman–Crippen LogP) is 3.89. The normalized spacial score (nSPS) is 13.4. The number of benzene rings is 1. The van der Waals surface area contributed by atoms with Gasteiger partial charge >= 0.3 is 6.03 Å². The van der Waals surface area contributed by atoms with Crippen molar-refractivity contribution in [3.63, 3.8) is 0 Å². The molecule has 5 heteroatoms. The van der Waals surface area contributed by atoms with Crippen molar-refractivity contribution in [3.05, 3.63) is 53.7 Å². The van der Waals surface area contributed by atoms with E-state index in [1.807, 2.05) is 17.0 Å². The van der Waals surface area contributed by atoms with Gasteiger partial charge in [-0.3, -0.25) is 9.88 Å². The minimum atomic E-state index is -0.0994. The maximum atomic E-state index is 12.4. The van der Waals surface area contributed by atoms with Gasteiger partial charge in [0.2, 0.25) is 0 Å². The number of fused-ring (bicyclic) bond motifs is 2. The number of pyridine rings is 1. The highest BCUT2D eigenvalue weighted by molar-refractivity contribution is 7.17. The molecule has 0 atom stereocenters. The fourth-order valence-corrected chi connectivity index (χ4v) is 3.49. The van der Waals surface area contributed by atoms with Crippen LogP contribution in [-0.2, 0) is 6.42 Å². The summed E-state index contributed by atoms with van der Waals surface area (Å²) in [4.78, 5) is 18.3. The average Bonchev–Trinajstić information content (AvgIpc) is 3.11. The lowest BCUT2D eigenvalue weighted by Crippen LogP contribution is -2.33. The van der Waals surface area contributed by atoms with E-state index in [4.69, 9.17) is 0 Å². The molecule has 3 heterocycles. The molecule has 2 amide bonds. The van der Waals surface area contributed by atoms with Crippen LogP contribution in [0.4, 0.5) is 16.2 Å². The lowest BCUT2D eigenvalue weighted by molar-refractivity contribution is 0.257. The summed E-state index contributed by atoms with van der Waals surface area (Å²) in [6, 6.07) is 9.98.